The van der Waals surface area contributed by atoms with Gasteiger partial charge in [0.2, 0.25) is 17.8 Å². The maximum absolute atomic E-state index is 12.4. The van der Waals surface area contributed by atoms with Gasteiger partial charge in [0.15, 0.2) is 5.82 Å². The van der Waals surface area contributed by atoms with Crippen LogP contribution >= 0.6 is 0 Å². The number of anilines is 3. The van der Waals surface area contributed by atoms with E-state index < -0.39 is 0 Å². The van der Waals surface area contributed by atoms with Crippen molar-refractivity contribution in [3.05, 3.63) is 72.9 Å². The van der Waals surface area contributed by atoms with Crippen LogP contribution in [0.2, 0.25) is 0 Å². The highest BCUT2D eigenvalue weighted by atomic mass is 16.2. The minimum absolute atomic E-state index is 0.184. The van der Waals surface area contributed by atoms with Crippen LogP contribution in [-0.4, -0.2) is 26.9 Å². The first-order chi connectivity index (χ1) is 13.3. The van der Waals surface area contributed by atoms with Crippen molar-refractivity contribution in [2.45, 2.75) is 12.5 Å². The number of amides is 1. The number of carbonyl (C=O) groups is 1. The van der Waals surface area contributed by atoms with Crippen LogP contribution in [0.1, 0.15) is 6.42 Å². The molecule has 0 saturated heterocycles. The number of nitrogens with one attached hydrogen (secondary N) is 3. The maximum atomic E-state index is 12.4. The van der Waals surface area contributed by atoms with Crippen LogP contribution in [0.3, 0.4) is 0 Å². The SMILES string of the molecule is O=C(Nc1nc(Nc2ccccc2)nc(-c2ccccc2)n1)C1CC=CN1. The Morgan fingerprint density at radius 3 is 2.33 bits per heavy atom. The lowest BCUT2D eigenvalue weighted by molar-refractivity contribution is -0.117. The monoisotopic (exact) mass is 358 g/mol. The summed E-state index contributed by atoms with van der Waals surface area (Å²) in [6.07, 6.45) is 4.32. The summed E-state index contributed by atoms with van der Waals surface area (Å²) < 4.78 is 0. The lowest BCUT2D eigenvalue weighted by Crippen LogP contribution is -2.35. The van der Waals surface area contributed by atoms with Crippen molar-refractivity contribution in [1.82, 2.24) is 20.3 Å². The van der Waals surface area contributed by atoms with E-state index in [0.29, 0.717) is 18.2 Å². The largest absolute Gasteiger partial charge is 0.380 e. The Morgan fingerprint density at radius 1 is 0.926 bits per heavy atom. The summed E-state index contributed by atoms with van der Waals surface area (Å²) in [6.45, 7) is 0. The molecule has 1 amide bonds. The zero-order valence-corrected chi connectivity index (χ0v) is 14.5. The third-order valence-electron chi connectivity index (χ3n) is 4.04. The summed E-state index contributed by atoms with van der Waals surface area (Å²) in [5, 5.41) is 8.93. The molecule has 3 aromatic rings. The van der Waals surface area contributed by atoms with Crippen molar-refractivity contribution in [3.8, 4) is 11.4 Å². The predicted molar refractivity (Wildman–Crippen MR) is 104 cm³/mol. The van der Waals surface area contributed by atoms with Gasteiger partial charge < -0.3 is 10.6 Å². The average molecular weight is 358 g/mol. The van der Waals surface area contributed by atoms with Gasteiger partial charge >= 0.3 is 0 Å². The molecule has 4 rings (SSSR count). The molecule has 7 nitrogen and oxygen atoms in total. The number of benzene rings is 2. The lowest BCUT2D eigenvalue weighted by Gasteiger charge is -2.13. The standard InChI is InChI=1S/C20H18N6O/c27-18(16-12-7-13-21-16)25-20-24-17(14-8-3-1-4-9-14)23-19(26-20)22-15-10-5-2-6-11-15/h1-11,13,16,21H,12H2,(H2,22,23,24,25,26,27). The highest BCUT2D eigenvalue weighted by Crippen LogP contribution is 2.20. The number of carbonyl (C=O) groups excluding carboxylic acids is 1. The van der Waals surface area contributed by atoms with Crippen molar-refractivity contribution < 1.29 is 4.79 Å². The van der Waals surface area contributed by atoms with E-state index in [9.17, 15) is 4.79 Å². The molecule has 0 saturated carbocycles. The molecule has 0 radical (unpaired) electrons. The second-order valence-corrected chi connectivity index (χ2v) is 6.01. The molecule has 7 heteroatoms. The molecule has 0 bridgehead atoms. The van der Waals surface area contributed by atoms with Crippen LogP contribution < -0.4 is 16.0 Å². The van der Waals surface area contributed by atoms with Crippen molar-refractivity contribution in [1.29, 1.82) is 0 Å². The molecule has 1 aromatic heterocycles. The van der Waals surface area contributed by atoms with Gasteiger partial charge in [-0.25, -0.2) is 0 Å². The highest BCUT2D eigenvalue weighted by Gasteiger charge is 2.20. The van der Waals surface area contributed by atoms with Crippen molar-refractivity contribution >= 4 is 23.5 Å². The molecule has 3 N–H and O–H groups in total. The minimum atomic E-state index is -0.313. The molecule has 134 valence electrons. The fraction of sp³-hybridized carbons (Fsp3) is 0.100. The van der Waals surface area contributed by atoms with E-state index in [1.807, 2.05) is 66.7 Å². The van der Waals surface area contributed by atoms with Crippen LogP contribution in [0.15, 0.2) is 72.9 Å². The first-order valence-electron chi connectivity index (χ1n) is 8.63. The van der Waals surface area contributed by atoms with Crippen molar-refractivity contribution in [2.75, 3.05) is 10.6 Å². The fourth-order valence-electron chi connectivity index (χ4n) is 2.69. The molecular weight excluding hydrogens is 340 g/mol. The van der Waals surface area contributed by atoms with Gasteiger partial charge in [0.05, 0.1) is 0 Å². The van der Waals surface area contributed by atoms with Gasteiger partial charge in [0.1, 0.15) is 6.04 Å². The van der Waals surface area contributed by atoms with Crippen molar-refractivity contribution in [3.63, 3.8) is 0 Å². The van der Waals surface area contributed by atoms with Gasteiger partial charge in [-0.05, 0) is 24.8 Å². The summed E-state index contributed by atoms with van der Waals surface area (Å²) in [4.78, 5) is 25.7. The molecule has 0 spiro atoms. The van der Waals surface area contributed by atoms with Crippen LogP contribution in [0.25, 0.3) is 11.4 Å². The van der Waals surface area contributed by atoms with E-state index in [2.05, 4.69) is 30.9 Å². The zero-order chi connectivity index (χ0) is 18.5. The average Bonchev–Trinajstić information content (AvgIpc) is 3.24. The Bertz CT molecular complexity index is 951. The van der Waals surface area contributed by atoms with Gasteiger partial charge in [-0.3, -0.25) is 10.1 Å². The molecule has 1 aliphatic rings. The molecule has 1 aliphatic heterocycles. The predicted octanol–water partition coefficient (Wildman–Crippen LogP) is 3.10. The van der Waals surface area contributed by atoms with Gasteiger partial charge in [0, 0.05) is 11.3 Å². The smallest absolute Gasteiger partial charge is 0.249 e. The first kappa shape index (κ1) is 16.7. The molecular formula is C20H18N6O. The van der Waals surface area contributed by atoms with Gasteiger partial charge in [0.25, 0.3) is 0 Å². The van der Waals surface area contributed by atoms with Crippen LogP contribution in [0, 0.1) is 0 Å². The Labute approximate surface area is 156 Å². The Hall–Kier alpha value is -3.74. The molecule has 1 atom stereocenters. The van der Waals surface area contributed by atoms with Crippen molar-refractivity contribution in [2.24, 2.45) is 0 Å². The van der Waals surface area contributed by atoms with E-state index in [4.69, 9.17) is 0 Å². The summed E-state index contributed by atoms with van der Waals surface area (Å²) >= 11 is 0. The molecule has 2 aromatic carbocycles. The molecule has 1 unspecified atom stereocenters. The Kier molecular flexibility index (Phi) is 4.74. The number of hydrogen-bond acceptors (Lipinski definition) is 6. The molecule has 0 fully saturated rings. The topological polar surface area (TPSA) is 91.8 Å². The van der Waals surface area contributed by atoms with E-state index in [1.54, 1.807) is 6.20 Å². The summed E-state index contributed by atoms with van der Waals surface area (Å²) in [6, 6.07) is 18.9. The molecule has 27 heavy (non-hydrogen) atoms. The Balaban J connectivity index is 1.64. The second kappa shape index (κ2) is 7.65. The van der Waals surface area contributed by atoms with Crippen LogP contribution in [-0.2, 0) is 4.79 Å². The number of nitrogens with zero attached hydrogens (tertiary/aromatic N) is 3. The van der Waals surface area contributed by atoms with Gasteiger partial charge in [-0.1, -0.05) is 54.6 Å². The van der Waals surface area contributed by atoms with Crippen LogP contribution in [0.5, 0.6) is 0 Å². The summed E-state index contributed by atoms with van der Waals surface area (Å²) in [7, 11) is 0. The maximum Gasteiger partial charge on any atom is 0.249 e. The number of para-hydroxylation sites is 1. The second-order valence-electron chi connectivity index (χ2n) is 6.01. The van der Waals surface area contributed by atoms with E-state index in [1.165, 1.54) is 0 Å². The zero-order valence-electron chi connectivity index (χ0n) is 14.5. The number of rotatable bonds is 5. The quantitative estimate of drug-likeness (QED) is 0.649. The normalized spacial score (nSPS) is 15.2. The van der Waals surface area contributed by atoms with Gasteiger partial charge in [-0.2, -0.15) is 15.0 Å². The fourth-order valence-corrected chi connectivity index (χ4v) is 2.69. The van der Waals surface area contributed by atoms with Gasteiger partial charge in [-0.15, -0.1) is 0 Å². The molecule has 0 aliphatic carbocycles. The van der Waals surface area contributed by atoms with E-state index in [-0.39, 0.29) is 17.9 Å². The summed E-state index contributed by atoms with van der Waals surface area (Å²) in [5.41, 5.74) is 1.69. The number of aromatic nitrogens is 3. The van der Waals surface area contributed by atoms with E-state index >= 15 is 0 Å². The van der Waals surface area contributed by atoms with Crippen LogP contribution in [0.4, 0.5) is 17.6 Å². The third kappa shape index (κ3) is 4.09. The number of hydrogen-bond donors (Lipinski definition) is 3. The highest BCUT2D eigenvalue weighted by molar-refractivity contribution is 5.94. The molecule has 2 heterocycles. The minimum Gasteiger partial charge on any atom is -0.380 e. The van der Waals surface area contributed by atoms with E-state index in [0.717, 1.165) is 11.3 Å². The first-order valence-corrected chi connectivity index (χ1v) is 8.63. The Morgan fingerprint density at radius 2 is 1.63 bits per heavy atom. The lowest BCUT2D eigenvalue weighted by atomic mass is 10.2. The summed E-state index contributed by atoms with van der Waals surface area (Å²) in [5.74, 6) is 0.872. The third-order valence-corrected chi connectivity index (χ3v) is 4.04.